The van der Waals surface area contributed by atoms with E-state index in [1.165, 1.54) is 24.0 Å². The summed E-state index contributed by atoms with van der Waals surface area (Å²) in [5.41, 5.74) is 4.73. The lowest BCUT2D eigenvalue weighted by Crippen LogP contribution is -2.02. The predicted molar refractivity (Wildman–Crippen MR) is 78.1 cm³/mol. The molecule has 1 fully saturated rings. The first-order valence-electron chi connectivity index (χ1n) is 6.88. The van der Waals surface area contributed by atoms with E-state index >= 15 is 0 Å². The first-order chi connectivity index (χ1) is 9.36. The number of anilines is 1. The van der Waals surface area contributed by atoms with E-state index in [2.05, 4.69) is 29.6 Å². The monoisotopic (exact) mass is 253 g/mol. The van der Waals surface area contributed by atoms with Gasteiger partial charge in [0.05, 0.1) is 6.61 Å². The first kappa shape index (κ1) is 12.2. The fourth-order valence-corrected chi connectivity index (χ4v) is 2.40. The summed E-state index contributed by atoms with van der Waals surface area (Å²) in [4.78, 5) is 0. The molecule has 0 radical (unpaired) electrons. The largest absolute Gasteiger partial charge is 0.392 e. The maximum absolute atomic E-state index is 9.30. The van der Waals surface area contributed by atoms with E-state index < -0.39 is 0 Å². The Kier molecular flexibility index (Phi) is 3.51. The molecule has 0 saturated heterocycles. The minimum Gasteiger partial charge on any atom is -0.392 e. The SMILES string of the molecule is OCc1ccccc1NCc1cccc(C2CC2)c1. The molecule has 0 bridgehead atoms. The molecule has 2 aromatic carbocycles. The summed E-state index contributed by atoms with van der Waals surface area (Å²) in [6.45, 7) is 0.878. The molecular weight excluding hydrogens is 234 g/mol. The molecule has 0 unspecified atom stereocenters. The minimum absolute atomic E-state index is 0.0747. The second-order valence-electron chi connectivity index (χ2n) is 5.19. The second kappa shape index (κ2) is 5.45. The molecule has 0 spiro atoms. The number of para-hydroxylation sites is 1. The molecule has 2 heteroatoms. The lowest BCUT2D eigenvalue weighted by molar-refractivity contribution is 0.282. The number of rotatable bonds is 5. The van der Waals surface area contributed by atoms with Crippen molar-refractivity contribution in [1.29, 1.82) is 0 Å². The molecular formula is C17H19NO. The van der Waals surface area contributed by atoms with Crippen molar-refractivity contribution in [2.24, 2.45) is 0 Å². The highest BCUT2D eigenvalue weighted by Gasteiger charge is 2.23. The molecule has 98 valence electrons. The van der Waals surface area contributed by atoms with E-state index in [0.717, 1.165) is 23.7 Å². The summed E-state index contributed by atoms with van der Waals surface area (Å²) in [6, 6.07) is 16.7. The number of aliphatic hydroxyl groups is 1. The van der Waals surface area contributed by atoms with Crippen LogP contribution in [0, 0.1) is 0 Å². The van der Waals surface area contributed by atoms with Crippen LogP contribution in [0.1, 0.15) is 35.4 Å². The zero-order chi connectivity index (χ0) is 13.1. The van der Waals surface area contributed by atoms with E-state index in [0.29, 0.717) is 0 Å². The molecule has 2 nitrogen and oxygen atoms in total. The Morgan fingerprint density at radius 1 is 1.05 bits per heavy atom. The number of nitrogens with one attached hydrogen (secondary N) is 1. The fraction of sp³-hybridized carbons (Fsp3) is 0.294. The highest BCUT2D eigenvalue weighted by Crippen LogP contribution is 2.40. The highest BCUT2D eigenvalue weighted by atomic mass is 16.3. The summed E-state index contributed by atoms with van der Waals surface area (Å²) < 4.78 is 0. The fourth-order valence-electron chi connectivity index (χ4n) is 2.40. The molecule has 1 saturated carbocycles. The molecule has 1 aliphatic rings. The minimum atomic E-state index is 0.0747. The normalized spacial score (nSPS) is 14.4. The van der Waals surface area contributed by atoms with Gasteiger partial charge in [0.2, 0.25) is 0 Å². The van der Waals surface area contributed by atoms with E-state index in [4.69, 9.17) is 0 Å². The van der Waals surface area contributed by atoms with Gasteiger partial charge in [0.25, 0.3) is 0 Å². The van der Waals surface area contributed by atoms with Crippen molar-refractivity contribution in [3.8, 4) is 0 Å². The van der Waals surface area contributed by atoms with Crippen molar-refractivity contribution >= 4 is 5.69 Å². The molecule has 19 heavy (non-hydrogen) atoms. The molecule has 0 amide bonds. The van der Waals surface area contributed by atoms with Crippen LogP contribution < -0.4 is 5.32 Å². The van der Waals surface area contributed by atoms with Gasteiger partial charge in [-0.15, -0.1) is 0 Å². The summed E-state index contributed by atoms with van der Waals surface area (Å²) in [5, 5.41) is 12.7. The Balaban J connectivity index is 1.70. The van der Waals surface area contributed by atoms with Gasteiger partial charge in [0.15, 0.2) is 0 Å². The average Bonchev–Trinajstić information content (AvgIpc) is 3.30. The van der Waals surface area contributed by atoms with Gasteiger partial charge in [-0.1, -0.05) is 42.5 Å². The quantitative estimate of drug-likeness (QED) is 0.852. The molecule has 1 aliphatic carbocycles. The lowest BCUT2D eigenvalue weighted by Gasteiger charge is -2.11. The molecule has 0 heterocycles. The third-order valence-electron chi connectivity index (χ3n) is 3.67. The Morgan fingerprint density at radius 3 is 2.68 bits per heavy atom. The zero-order valence-electron chi connectivity index (χ0n) is 11.0. The van der Waals surface area contributed by atoms with Crippen LogP contribution in [0.4, 0.5) is 5.69 Å². The van der Waals surface area contributed by atoms with E-state index in [-0.39, 0.29) is 6.61 Å². The molecule has 3 rings (SSSR count). The van der Waals surface area contributed by atoms with Crippen molar-refractivity contribution in [2.45, 2.75) is 31.9 Å². The number of benzene rings is 2. The van der Waals surface area contributed by atoms with Gasteiger partial charge in [0, 0.05) is 17.8 Å². The van der Waals surface area contributed by atoms with Crippen LogP contribution in [-0.2, 0) is 13.2 Å². The molecule has 2 N–H and O–H groups in total. The summed E-state index contributed by atoms with van der Waals surface area (Å²) >= 11 is 0. The van der Waals surface area contributed by atoms with Gasteiger partial charge in [-0.2, -0.15) is 0 Å². The standard InChI is InChI=1S/C17H19NO/c19-12-16-5-1-2-7-17(16)18-11-13-4-3-6-15(10-13)14-8-9-14/h1-7,10,14,18-19H,8-9,11-12H2. The Hall–Kier alpha value is -1.80. The summed E-state index contributed by atoms with van der Waals surface area (Å²) in [5.74, 6) is 0.796. The van der Waals surface area contributed by atoms with Crippen LogP contribution in [0.25, 0.3) is 0 Å². The second-order valence-corrected chi connectivity index (χ2v) is 5.19. The van der Waals surface area contributed by atoms with Crippen molar-refractivity contribution in [2.75, 3.05) is 5.32 Å². The van der Waals surface area contributed by atoms with E-state index in [9.17, 15) is 5.11 Å². The van der Waals surface area contributed by atoms with Crippen molar-refractivity contribution < 1.29 is 5.11 Å². The molecule has 0 aromatic heterocycles. The van der Waals surface area contributed by atoms with Gasteiger partial charge in [0.1, 0.15) is 0 Å². The van der Waals surface area contributed by atoms with Crippen molar-refractivity contribution in [3.63, 3.8) is 0 Å². The zero-order valence-corrected chi connectivity index (χ0v) is 11.0. The van der Waals surface area contributed by atoms with Crippen LogP contribution in [0.2, 0.25) is 0 Å². The maximum Gasteiger partial charge on any atom is 0.0701 e. The van der Waals surface area contributed by atoms with Crippen molar-refractivity contribution in [3.05, 3.63) is 65.2 Å². The third-order valence-corrected chi connectivity index (χ3v) is 3.67. The van der Waals surface area contributed by atoms with Crippen LogP contribution in [-0.4, -0.2) is 5.11 Å². The van der Waals surface area contributed by atoms with Crippen LogP contribution in [0.3, 0.4) is 0 Å². The topological polar surface area (TPSA) is 32.3 Å². The first-order valence-corrected chi connectivity index (χ1v) is 6.88. The smallest absolute Gasteiger partial charge is 0.0701 e. The summed E-state index contributed by atoms with van der Waals surface area (Å²) in [7, 11) is 0. The van der Waals surface area contributed by atoms with Crippen LogP contribution in [0.15, 0.2) is 48.5 Å². The van der Waals surface area contributed by atoms with E-state index in [1.807, 2.05) is 24.3 Å². The summed E-state index contributed by atoms with van der Waals surface area (Å²) in [6.07, 6.45) is 2.68. The molecule has 0 atom stereocenters. The average molecular weight is 253 g/mol. The number of hydrogen-bond donors (Lipinski definition) is 2. The van der Waals surface area contributed by atoms with Crippen LogP contribution >= 0.6 is 0 Å². The Morgan fingerprint density at radius 2 is 1.89 bits per heavy atom. The van der Waals surface area contributed by atoms with Crippen LogP contribution in [0.5, 0.6) is 0 Å². The van der Waals surface area contributed by atoms with Gasteiger partial charge in [-0.3, -0.25) is 0 Å². The highest BCUT2D eigenvalue weighted by molar-refractivity contribution is 5.51. The Bertz CT molecular complexity index is 561. The van der Waals surface area contributed by atoms with Gasteiger partial charge >= 0.3 is 0 Å². The maximum atomic E-state index is 9.30. The number of aliphatic hydroxyl groups excluding tert-OH is 1. The van der Waals surface area contributed by atoms with Gasteiger partial charge in [-0.25, -0.2) is 0 Å². The molecule has 0 aliphatic heterocycles. The molecule has 2 aromatic rings. The Labute approximate surface area is 114 Å². The van der Waals surface area contributed by atoms with Gasteiger partial charge in [-0.05, 0) is 36.0 Å². The predicted octanol–water partition coefficient (Wildman–Crippen LogP) is 3.67. The van der Waals surface area contributed by atoms with Crippen molar-refractivity contribution in [1.82, 2.24) is 0 Å². The van der Waals surface area contributed by atoms with E-state index in [1.54, 1.807) is 0 Å². The lowest BCUT2D eigenvalue weighted by atomic mass is 10.1. The van der Waals surface area contributed by atoms with Gasteiger partial charge < -0.3 is 10.4 Å². The third kappa shape index (κ3) is 2.96. The number of hydrogen-bond acceptors (Lipinski definition) is 2.